The van der Waals surface area contributed by atoms with E-state index in [2.05, 4.69) is 24.3 Å². The van der Waals surface area contributed by atoms with E-state index in [0.29, 0.717) is 0 Å². The summed E-state index contributed by atoms with van der Waals surface area (Å²) in [6.45, 7) is 0. The lowest BCUT2D eigenvalue weighted by atomic mass is 10.1. The van der Waals surface area contributed by atoms with Crippen molar-refractivity contribution in [1.82, 2.24) is 0 Å². The number of hydrogen-bond acceptors (Lipinski definition) is 3. The Kier molecular flexibility index (Phi) is 4.11. The van der Waals surface area contributed by atoms with Crippen LogP contribution in [0.5, 0.6) is 0 Å². The van der Waals surface area contributed by atoms with E-state index in [0.717, 1.165) is 32.0 Å². The van der Waals surface area contributed by atoms with Crippen LogP contribution in [0.2, 0.25) is 0 Å². The van der Waals surface area contributed by atoms with Crippen molar-refractivity contribution in [2.24, 2.45) is 0 Å². The highest BCUT2D eigenvalue weighted by molar-refractivity contribution is 7.14. The van der Waals surface area contributed by atoms with Crippen molar-refractivity contribution in [2.45, 2.75) is 0 Å². The van der Waals surface area contributed by atoms with E-state index in [1.165, 1.54) is 0 Å². The monoisotopic (exact) mass is 346 g/mol. The number of thiophene rings is 2. The molecule has 2 aromatic carbocycles. The van der Waals surface area contributed by atoms with Gasteiger partial charge >= 0.3 is 0 Å². The van der Waals surface area contributed by atoms with Gasteiger partial charge in [0.2, 0.25) is 0 Å². The van der Waals surface area contributed by atoms with Gasteiger partial charge in [0.25, 0.3) is 0 Å². The minimum absolute atomic E-state index is 0.0897. The van der Waals surface area contributed by atoms with Crippen molar-refractivity contribution in [1.29, 1.82) is 0 Å². The molecule has 4 aromatic rings. The highest BCUT2D eigenvalue weighted by atomic mass is 32.1. The largest absolute Gasteiger partial charge is 0.289 e. The van der Waals surface area contributed by atoms with E-state index >= 15 is 0 Å². The van der Waals surface area contributed by atoms with Crippen molar-refractivity contribution < 1.29 is 4.79 Å². The number of ketones is 1. The molecule has 1 nitrogen and oxygen atoms in total. The lowest BCUT2D eigenvalue weighted by Crippen LogP contribution is -1.96. The molecular weight excluding hydrogens is 332 g/mol. The van der Waals surface area contributed by atoms with Gasteiger partial charge in [-0.15, -0.1) is 22.7 Å². The van der Waals surface area contributed by atoms with E-state index in [1.807, 2.05) is 59.3 Å². The highest BCUT2D eigenvalue weighted by Crippen LogP contribution is 2.31. The summed E-state index contributed by atoms with van der Waals surface area (Å²) < 4.78 is 0. The minimum atomic E-state index is 0.0897. The summed E-state index contributed by atoms with van der Waals surface area (Å²) in [5, 5.41) is 3.90. The molecule has 0 amide bonds. The Balaban J connectivity index is 1.61. The van der Waals surface area contributed by atoms with E-state index in [-0.39, 0.29) is 5.78 Å². The Labute approximate surface area is 148 Å². The molecule has 0 bridgehead atoms. The first-order valence-corrected chi connectivity index (χ1v) is 9.40. The molecule has 0 fully saturated rings. The molecular formula is C21H14OS2. The second-order valence-corrected chi connectivity index (χ2v) is 7.28. The molecule has 3 heteroatoms. The molecule has 0 N–H and O–H groups in total. The maximum Gasteiger partial charge on any atom is 0.194 e. The van der Waals surface area contributed by atoms with Gasteiger partial charge in [-0.05, 0) is 23.3 Å². The maximum atomic E-state index is 12.7. The van der Waals surface area contributed by atoms with Gasteiger partial charge in [0.1, 0.15) is 0 Å². The van der Waals surface area contributed by atoms with Crippen LogP contribution in [0.3, 0.4) is 0 Å². The fraction of sp³-hybridized carbons (Fsp3) is 0. The normalized spacial score (nSPS) is 10.7. The molecule has 0 aliphatic rings. The summed E-state index contributed by atoms with van der Waals surface area (Å²) in [7, 11) is 0. The maximum absolute atomic E-state index is 12.7. The van der Waals surface area contributed by atoms with Crippen LogP contribution in [0.25, 0.3) is 20.9 Å². The molecule has 116 valence electrons. The molecule has 24 heavy (non-hydrogen) atoms. The third-order valence-electron chi connectivity index (χ3n) is 3.84. The Bertz CT molecular complexity index is 886. The molecule has 0 spiro atoms. The van der Waals surface area contributed by atoms with Crippen LogP contribution in [0.15, 0.2) is 83.6 Å². The third kappa shape index (κ3) is 2.96. The summed E-state index contributed by atoms with van der Waals surface area (Å²) in [5.74, 6) is 0.0897. The molecule has 0 atom stereocenters. The first kappa shape index (κ1) is 15.1. The Morgan fingerprint density at radius 2 is 1.04 bits per heavy atom. The topological polar surface area (TPSA) is 17.1 Å². The van der Waals surface area contributed by atoms with E-state index in [9.17, 15) is 4.79 Å². The first-order valence-electron chi connectivity index (χ1n) is 7.64. The Morgan fingerprint density at radius 3 is 1.46 bits per heavy atom. The van der Waals surface area contributed by atoms with Crippen molar-refractivity contribution in [3.05, 3.63) is 94.7 Å². The summed E-state index contributed by atoms with van der Waals surface area (Å²) in [5.41, 5.74) is 3.82. The quantitative estimate of drug-likeness (QED) is 0.392. The number of hydrogen-bond donors (Lipinski definition) is 0. The molecule has 0 aliphatic carbocycles. The zero-order valence-corrected chi connectivity index (χ0v) is 14.4. The molecule has 0 radical (unpaired) electrons. The Hall–Kier alpha value is -2.49. The van der Waals surface area contributed by atoms with Gasteiger partial charge in [-0.2, -0.15) is 0 Å². The van der Waals surface area contributed by atoms with Crippen LogP contribution in [-0.2, 0) is 0 Å². The minimum Gasteiger partial charge on any atom is -0.289 e. The number of carbonyl (C=O) groups is 1. The number of rotatable bonds is 4. The standard InChI is InChI=1S/C21H14OS2/c22-21(17-11-19(23-13-17)15-7-3-1-4-8-15)18-12-20(24-14-18)16-9-5-2-6-10-16/h1-14H. The molecule has 0 aliphatic heterocycles. The van der Waals surface area contributed by atoms with Crippen LogP contribution in [-0.4, -0.2) is 5.78 Å². The van der Waals surface area contributed by atoms with Crippen LogP contribution < -0.4 is 0 Å². The summed E-state index contributed by atoms with van der Waals surface area (Å²) in [6.07, 6.45) is 0. The van der Waals surface area contributed by atoms with Crippen molar-refractivity contribution in [3.8, 4) is 20.9 Å². The van der Waals surface area contributed by atoms with Crippen LogP contribution in [0.4, 0.5) is 0 Å². The second-order valence-electron chi connectivity index (χ2n) is 5.46. The fourth-order valence-electron chi connectivity index (χ4n) is 2.58. The molecule has 0 saturated heterocycles. The van der Waals surface area contributed by atoms with Gasteiger partial charge in [0.15, 0.2) is 5.78 Å². The van der Waals surface area contributed by atoms with E-state index in [4.69, 9.17) is 0 Å². The van der Waals surface area contributed by atoms with Crippen molar-refractivity contribution in [2.75, 3.05) is 0 Å². The molecule has 4 rings (SSSR count). The van der Waals surface area contributed by atoms with E-state index in [1.54, 1.807) is 22.7 Å². The number of carbonyl (C=O) groups excluding carboxylic acids is 1. The lowest BCUT2D eigenvalue weighted by molar-refractivity contribution is 0.103. The van der Waals surface area contributed by atoms with E-state index < -0.39 is 0 Å². The van der Waals surface area contributed by atoms with Gasteiger partial charge in [-0.3, -0.25) is 4.79 Å². The number of benzene rings is 2. The van der Waals surface area contributed by atoms with Crippen molar-refractivity contribution >= 4 is 28.5 Å². The zero-order chi connectivity index (χ0) is 16.4. The zero-order valence-electron chi connectivity index (χ0n) is 12.8. The van der Waals surface area contributed by atoms with Gasteiger partial charge in [-0.25, -0.2) is 0 Å². The average Bonchev–Trinajstić information content (AvgIpc) is 3.33. The Morgan fingerprint density at radius 1 is 0.625 bits per heavy atom. The molecule has 2 heterocycles. The van der Waals surface area contributed by atoms with Gasteiger partial charge in [0.05, 0.1) is 0 Å². The van der Waals surface area contributed by atoms with Crippen LogP contribution in [0.1, 0.15) is 15.9 Å². The SMILES string of the molecule is O=C(c1csc(-c2ccccc2)c1)c1csc(-c2ccccc2)c1. The second kappa shape index (κ2) is 6.56. The van der Waals surface area contributed by atoms with Crippen molar-refractivity contribution in [3.63, 3.8) is 0 Å². The highest BCUT2D eigenvalue weighted by Gasteiger charge is 2.14. The van der Waals surface area contributed by atoms with Gasteiger partial charge in [-0.1, -0.05) is 60.7 Å². The summed E-state index contributed by atoms with van der Waals surface area (Å²) in [4.78, 5) is 15.0. The van der Waals surface area contributed by atoms with Crippen LogP contribution in [0, 0.1) is 0 Å². The molecule has 0 saturated carbocycles. The molecule has 2 aromatic heterocycles. The summed E-state index contributed by atoms with van der Waals surface area (Å²) >= 11 is 3.22. The summed E-state index contributed by atoms with van der Waals surface area (Å²) in [6, 6.07) is 24.3. The van der Waals surface area contributed by atoms with Gasteiger partial charge < -0.3 is 0 Å². The predicted molar refractivity (Wildman–Crippen MR) is 103 cm³/mol. The smallest absolute Gasteiger partial charge is 0.194 e. The third-order valence-corrected chi connectivity index (χ3v) is 5.80. The first-order chi connectivity index (χ1) is 11.8. The predicted octanol–water partition coefficient (Wildman–Crippen LogP) is 6.37. The fourth-order valence-corrected chi connectivity index (χ4v) is 4.38. The van der Waals surface area contributed by atoms with Gasteiger partial charge in [0, 0.05) is 31.6 Å². The van der Waals surface area contributed by atoms with Crippen LogP contribution >= 0.6 is 22.7 Å². The molecule has 0 unspecified atom stereocenters. The lowest BCUT2D eigenvalue weighted by Gasteiger charge is -1.96. The average molecular weight is 346 g/mol.